The van der Waals surface area contributed by atoms with Crippen LogP contribution in [0.15, 0.2) is 69.9 Å². The third-order valence-electron chi connectivity index (χ3n) is 6.55. The van der Waals surface area contributed by atoms with Crippen molar-refractivity contribution >= 4 is 16.9 Å². The molecule has 0 bridgehead atoms. The summed E-state index contributed by atoms with van der Waals surface area (Å²) in [4.78, 5) is 29.2. The number of carbonyl (C=O) groups is 1. The molecule has 3 aromatic carbocycles. The third-order valence-corrected chi connectivity index (χ3v) is 6.55. The highest BCUT2D eigenvalue weighted by Crippen LogP contribution is 2.42. The summed E-state index contributed by atoms with van der Waals surface area (Å²) >= 11 is 0. The van der Waals surface area contributed by atoms with Gasteiger partial charge in [0.05, 0.1) is 30.2 Å². The average Bonchev–Trinajstić information content (AvgIpc) is 3.48. The van der Waals surface area contributed by atoms with Crippen molar-refractivity contribution in [2.45, 2.75) is 26.4 Å². The molecule has 2 aliphatic rings. The Morgan fingerprint density at radius 1 is 0.892 bits per heavy atom. The maximum Gasteiger partial charge on any atom is 0.291 e. The molecular weight excluding hydrogens is 474 g/mol. The van der Waals surface area contributed by atoms with Gasteiger partial charge < -0.3 is 28.3 Å². The smallest absolute Gasteiger partial charge is 0.291 e. The van der Waals surface area contributed by atoms with Crippen LogP contribution in [0.4, 0.5) is 0 Å². The molecule has 0 saturated heterocycles. The van der Waals surface area contributed by atoms with E-state index < -0.39 is 6.04 Å². The topological polar surface area (TPSA) is 87.4 Å². The fraction of sp³-hybridized carbons (Fsp3) is 0.241. The molecule has 1 atom stereocenters. The van der Waals surface area contributed by atoms with E-state index in [2.05, 4.69) is 0 Å². The van der Waals surface area contributed by atoms with Crippen molar-refractivity contribution in [1.29, 1.82) is 0 Å². The third kappa shape index (κ3) is 3.85. The molecule has 1 amide bonds. The molecule has 0 aliphatic carbocycles. The summed E-state index contributed by atoms with van der Waals surface area (Å²) < 4.78 is 28.6. The summed E-state index contributed by atoms with van der Waals surface area (Å²) in [5, 5.41) is 0.431. The van der Waals surface area contributed by atoms with Crippen LogP contribution in [0.5, 0.6) is 23.0 Å². The van der Waals surface area contributed by atoms with Crippen LogP contribution in [-0.2, 0) is 6.54 Å². The van der Waals surface area contributed by atoms with Gasteiger partial charge in [0.1, 0.15) is 5.58 Å². The molecule has 0 N–H and O–H groups in total. The van der Waals surface area contributed by atoms with Gasteiger partial charge in [-0.15, -0.1) is 0 Å². The lowest BCUT2D eigenvalue weighted by Crippen LogP contribution is -2.29. The van der Waals surface area contributed by atoms with Gasteiger partial charge in [-0.25, -0.2) is 0 Å². The van der Waals surface area contributed by atoms with Crippen LogP contribution in [0.3, 0.4) is 0 Å². The van der Waals surface area contributed by atoms with Gasteiger partial charge in [0.15, 0.2) is 28.4 Å². The first-order valence-corrected chi connectivity index (χ1v) is 12.2. The first-order chi connectivity index (χ1) is 18.1. The van der Waals surface area contributed by atoms with Gasteiger partial charge in [0.25, 0.3) is 5.91 Å². The summed E-state index contributed by atoms with van der Waals surface area (Å²) in [5.41, 5.74) is 2.03. The molecule has 4 aromatic rings. The van der Waals surface area contributed by atoms with Gasteiger partial charge in [0.2, 0.25) is 12.6 Å². The maximum absolute atomic E-state index is 13.8. The molecule has 1 aromatic heterocycles. The Hall–Kier alpha value is -4.46. The van der Waals surface area contributed by atoms with Crippen molar-refractivity contribution in [1.82, 2.24) is 4.90 Å². The molecule has 0 fully saturated rings. The van der Waals surface area contributed by atoms with Crippen molar-refractivity contribution in [2.24, 2.45) is 0 Å². The Bertz CT molecular complexity index is 1570. The van der Waals surface area contributed by atoms with E-state index in [9.17, 15) is 9.59 Å². The number of amides is 1. The van der Waals surface area contributed by atoms with Crippen LogP contribution in [0.1, 0.15) is 47.1 Å². The fourth-order valence-electron chi connectivity index (χ4n) is 4.95. The SMILES string of the molecule is CCOc1ccc([C@H]2c3c(oc4ccccc4c3=O)C(=O)N2Cc2ccc3c(c2)OCO3)cc1OCC. The fourth-order valence-corrected chi connectivity index (χ4v) is 4.95. The predicted octanol–water partition coefficient (Wildman–Crippen LogP) is 5.06. The van der Waals surface area contributed by atoms with Crippen LogP contribution in [-0.4, -0.2) is 30.8 Å². The molecule has 188 valence electrons. The monoisotopic (exact) mass is 499 g/mol. The van der Waals surface area contributed by atoms with Crippen molar-refractivity contribution < 1.29 is 28.2 Å². The quantitative estimate of drug-likeness (QED) is 0.351. The van der Waals surface area contributed by atoms with Crippen LogP contribution in [0.2, 0.25) is 0 Å². The second-order valence-electron chi connectivity index (χ2n) is 8.77. The number of hydrogen-bond acceptors (Lipinski definition) is 7. The average molecular weight is 500 g/mol. The first-order valence-electron chi connectivity index (χ1n) is 12.2. The molecule has 0 unspecified atom stereocenters. The van der Waals surface area contributed by atoms with E-state index in [0.717, 1.165) is 11.1 Å². The molecule has 2 aliphatic heterocycles. The molecule has 37 heavy (non-hydrogen) atoms. The Kier molecular flexibility index (Phi) is 5.71. The number of benzene rings is 3. The molecule has 6 rings (SSSR count). The van der Waals surface area contributed by atoms with E-state index in [-0.39, 0.29) is 30.4 Å². The van der Waals surface area contributed by atoms with E-state index in [1.165, 1.54) is 0 Å². The normalized spacial score (nSPS) is 15.8. The number of hydrogen-bond donors (Lipinski definition) is 0. The number of ether oxygens (including phenoxy) is 4. The summed E-state index contributed by atoms with van der Waals surface area (Å²) in [6.45, 7) is 5.11. The predicted molar refractivity (Wildman–Crippen MR) is 136 cm³/mol. The zero-order valence-corrected chi connectivity index (χ0v) is 20.5. The number of nitrogens with zero attached hydrogens (tertiary/aromatic N) is 1. The van der Waals surface area contributed by atoms with E-state index in [0.29, 0.717) is 52.7 Å². The Morgan fingerprint density at radius 3 is 2.51 bits per heavy atom. The summed E-state index contributed by atoms with van der Waals surface area (Å²) in [5.74, 6) is 2.14. The second kappa shape index (κ2) is 9.20. The minimum Gasteiger partial charge on any atom is -0.490 e. The minimum absolute atomic E-state index is 0.0567. The van der Waals surface area contributed by atoms with E-state index in [1.54, 1.807) is 29.2 Å². The Balaban J connectivity index is 1.51. The lowest BCUT2D eigenvalue weighted by molar-refractivity contribution is 0.0714. The molecule has 0 radical (unpaired) electrons. The largest absolute Gasteiger partial charge is 0.490 e. The van der Waals surface area contributed by atoms with Gasteiger partial charge in [-0.1, -0.05) is 24.3 Å². The van der Waals surface area contributed by atoms with Gasteiger partial charge in [0, 0.05) is 6.54 Å². The van der Waals surface area contributed by atoms with Crippen molar-refractivity contribution in [2.75, 3.05) is 20.0 Å². The van der Waals surface area contributed by atoms with Gasteiger partial charge in [-0.2, -0.15) is 0 Å². The second-order valence-corrected chi connectivity index (χ2v) is 8.77. The Labute approximate surface area is 212 Å². The standard InChI is InChI=1S/C29H25NO7/c1-3-33-21-12-10-18(14-24(21)34-4-2)26-25-27(31)19-7-5-6-8-20(19)37-28(25)29(32)30(26)15-17-9-11-22-23(13-17)36-16-35-22/h5-14,26H,3-4,15-16H2,1-2H3/t26-/m0/s1. The van der Waals surface area contributed by atoms with Crippen LogP contribution in [0, 0.1) is 0 Å². The summed E-state index contributed by atoms with van der Waals surface area (Å²) in [7, 11) is 0. The molecule has 0 saturated carbocycles. The van der Waals surface area contributed by atoms with Crippen molar-refractivity contribution in [3.8, 4) is 23.0 Å². The number of para-hydroxylation sites is 1. The van der Waals surface area contributed by atoms with Gasteiger partial charge in [-0.05, 0) is 61.4 Å². The molecule has 3 heterocycles. The van der Waals surface area contributed by atoms with Gasteiger partial charge >= 0.3 is 0 Å². The summed E-state index contributed by atoms with van der Waals surface area (Å²) in [6.07, 6.45) is 0. The highest BCUT2D eigenvalue weighted by Gasteiger charge is 2.43. The zero-order valence-electron chi connectivity index (χ0n) is 20.5. The number of fused-ring (bicyclic) bond motifs is 3. The molecule has 8 heteroatoms. The van der Waals surface area contributed by atoms with Crippen molar-refractivity contribution in [3.63, 3.8) is 0 Å². The van der Waals surface area contributed by atoms with Gasteiger partial charge in [-0.3, -0.25) is 9.59 Å². The lowest BCUT2D eigenvalue weighted by Gasteiger charge is -2.26. The summed E-state index contributed by atoms with van der Waals surface area (Å²) in [6, 6.07) is 17.4. The molecule has 0 spiro atoms. The van der Waals surface area contributed by atoms with Crippen LogP contribution >= 0.6 is 0 Å². The number of carbonyl (C=O) groups excluding carboxylic acids is 1. The van der Waals surface area contributed by atoms with Crippen LogP contribution in [0.25, 0.3) is 11.0 Å². The van der Waals surface area contributed by atoms with E-state index in [4.69, 9.17) is 23.4 Å². The van der Waals surface area contributed by atoms with Crippen LogP contribution < -0.4 is 24.4 Å². The lowest BCUT2D eigenvalue weighted by atomic mass is 9.97. The maximum atomic E-state index is 13.8. The van der Waals surface area contributed by atoms with E-state index in [1.807, 2.05) is 50.2 Å². The number of rotatable bonds is 7. The van der Waals surface area contributed by atoms with E-state index >= 15 is 0 Å². The highest BCUT2D eigenvalue weighted by atomic mass is 16.7. The first kappa shape index (κ1) is 23.0. The van der Waals surface area contributed by atoms with Crippen molar-refractivity contribution in [3.05, 3.63) is 93.3 Å². The molecular formula is C29H25NO7. The Morgan fingerprint density at radius 2 is 1.68 bits per heavy atom. The zero-order chi connectivity index (χ0) is 25.5. The highest BCUT2D eigenvalue weighted by molar-refractivity contribution is 5.99. The molecule has 8 nitrogen and oxygen atoms in total. The minimum atomic E-state index is -0.677.